The molecular weight excluding hydrogens is 254 g/mol. The summed E-state index contributed by atoms with van der Waals surface area (Å²) in [6.07, 6.45) is 4.39. The molecule has 0 spiro atoms. The Bertz CT molecular complexity index is 513. The molecule has 0 unspecified atom stereocenters. The third kappa shape index (κ3) is 4.04. The first-order valence-electron chi connectivity index (χ1n) is 7.83. The molecular formula is C20H25N. The van der Waals surface area contributed by atoms with Gasteiger partial charge in [0.1, 0.15) is 0 Å². The number of hydrogen-bond acceptors (Lipinski definition) is 1. The quantitative estimate of drug-likeness (QED) is 0.604. The van der Waals surface area contributed by atoms with Crippen LogP contribution in [0.25, 0.3) is 0 Å². The lowest BCUT2D eigenvalue weighted by Crippen LogP contribution is -2.16. The van der Waals surface area contributed by atoms with Gasteiger partial charge in [-0.1, -0.05) is 81.4 Å². The Morgan fingerprint density at radius 3 is 1.67 bits per heavy atom. The third-order valence-corrected chi connectivity index (χ3v) is 4.38. The minimum atomic E-state index is 0.0878. The van der Waals surface area contributed by atoms with Crippen LogP contribution in [0.5, 0.6) is 0 Å². The maximum absolute atomic E-state index is 4.95. The zero-order valence-electron chi connectivity index (χ0n) is 13.3. The highest BCUT2D eigenvalue weighted by Gasteiger charge is 2.18. The number of nitrogens with zero attached hydrogens (tertiary/aromatic N) is 1. The van der Waals surface area contributed by atoms with Gasteiger partial charge in [-0.15, -0.1) is 0 Å². The molecule has 0 bridgehead atoms. The summed E-state index contributed by atoms with van der Waals surface area (Å²) < 4.78 is 0. The Morgan fingerprint density at radius 1 is 0.857 bits per heavy atom. The van der Waals surface area contributed by atoms with Crippen molar-refractivity contribution in [3.63, 3.8) is 0 Å². The Balaban J connectivity index is 2.36. The largest absolute Gasteiger partial charge is 0.284 e. The molecule has 0 saturated carbocycles. The van der Waals surface area contributed by atoms with E-state index >= 15 is 0 Å². The number of benzene rings is 2. The van der Waals surface area contributed by atoms with E-state index in [1.807, 2.05) is 0 Å². The third-order valence-electron chi connectivity index (χ3n) is 4.38. The van der Waals surface area contributed by atoms with Gasteiger partial charge >= 0.3 is 0 Å². The van der Waals surface area contributed by atoms with E-state index in [4.69, 9.17) is 4.99 Å². The molecule has 0 radical (unpaired) electrons. The average Bonchev–Trinajstić information content (AvgIpc) is 2.57. The highest BCUT2D eigenvalue weighted by Crippen LogP contribution is 2.29. The van der Waals surface area contributed by atoms with Gasteiger partial charge in [0.25, 0.3) is 0 Å². The van der Waals surface area contributed by atoms with Crippen molar-refractivity contribution >= 4 is 6.21 Å². The lowest BCUT2D eigenvalue weighted by Gasteiger charge is -2.22. The summed E-state index contributed by atoms with van der Waals surface area (Å²) in [5.74, 6) is 0. The second-order valence-corrected chi connectivity index (χ2v) is 5.86. The molecule has 0 heterocycles. The molecule has 0 fully saturated rings. The Hall–Kier alpha value is -1.89. The smallest absolute Gasteiger partial charge is 0.0995 e. The molecule has 0 aromatic heterocycles. The van der Waals surface area contributed by atoms with E-state index < -0.39 is 0 Å². The molecule has 0 amide bonds. The highest BCUT2D eigenvalue weighted by atomic mass is 14.8. The highest BCUT2D eigenvalue weighted by molar-refractivity contribution is 5.66. The SMILES string of the molecule is CCC(C)(C=NC(c1ccccc1)c1ccccc1)CC. The van der Waals surface area contributed by atoms with Gasteiger partial charge in [0, 0.05) is 11.6 Å². The van der Waals surface area contributed by atoms with Gasteiger partial charge in [0.05, 0.1) is 6.04 Å². The van der Waals surface area contributed by atoms with Gasteiger partial charge in [0.2, 0.25) is 0 Å². The number of hydrogen-bond donors (Lipinski definition) is 0. The summed E-state index contributed by atoms with van der Waals surface area (Å²) >= 11 is 0. The van der Waals surface area contributed by atoms with Gasteiger partial charge in [-0.2, -0.15) is 0 Å². The summed E-state index contributed by atoms with van der Waals surface area (Å²) in [5, 5.41) is 0. The van der Waals surface area contributed by atoms with Crippen LogP contribution in [0, 0.1) is 5.41 Å². The van der Waals surface area contributed by atoms with Crippen molar-refractivity contribution in [3.05, 3.63) is 71.8 Å². The van der Waals surface area contributed by atoms with E-state index in [2.05, 4.69) is 87.6 Å². The van der Waals surface area contributed by atoms with Crippen LogP contribution in [-0.2, 0) is 0 Å². The summed E-state index contributed by atoms with van der Waals surface area (Å²) in [5.41, 5.74) is 2.67. The summed E-state index contributed by atoms with van der Waals surface area (Å²) in [7, 11) is 0. The maximum atomic E-state index is 4.95. The second-order valence-electron chi connectivity index (χ2n) is 5.86. The van der Waals surface area contributed by atoms with Crippen LogP contribution in [0.3, 0.4) is 0 Å². The van der Waals surface area contributed by atoms with Crippen molar-refractivity contribution in [1.29, 1.82) is 0 Å². The fourth-order valence-corrected chi connectivity index (χ4v) is 2.32. The van der Waals surface area contributed by atoms with Gasteiger partial charge in [-0.3, -0.25) is 4.99 Å². The molecule has 0 aliphatic carbocycles. The monoisotopic (exact) mass is 279 g/mol. The van der Waals surface area contributed by atoms with Gasteiger partial charge < -0.3 is 0 Å². The molecule has 0 N–H and O–H groups in total. The summed E-state index contributed by atoms with van der Waals surface area (Å²) in [6.45, 7) is 6.74. The first-order valence-corrected chi connectivity index (χ1v) is 7.83. The zero-order valence-corrected chi connectivity index (χ0v) is 13.3. The zero-order chi connectivity index (χ0) is 15.1. The molecule has 2 aromatic carbocycles. The lowest BCUT2D eigenvalue weighted by atomic mass is 9.86. The van der Waals surface area contributed by atoms with Gasteiger partial charge in [-0.05, 0) is 24.0 Å². The van der Waals surface area contributed by atoms with Crippen molar-refractivity contribution < 1.29 is 0 Å². The van der Waals surface area contributed by atoms with Crippen LogP contribution >= 0.6 is 0 Å². The van der Waals surface area contributed by atoms with Gasteiger partial charge in [-0.25, -0.2) is 0 Å². The molecule has 1 nitrogen and oxygen atoms in total. The Morgan fingerprint density at radius 2 is 1.29 bits per heavy atom. The second kappa shape index (κ2) is 7.21. The van der Waals surface area contributed by atoms with E-state index in [1.54, 1.807) is 0 Å². The van der Waals surface area contributed by atoms with E-state index in [9.17, 15) is 0 Å². The van der Waals surface area contributed by atoms with E-state index in [0.717, 1.165) is 12.8 Å². The van der Waals surface area contributed by atoms with Crippen LogP contribution in [0.2, 0.25) is 0 Å². The maximum Gasteiger partial charge on any atom is 0.0995 e. The van der Waals surface area contributed by atoms with E-state index in [-0.39, 0.29) is 11.5 Å². The minimum absolute atomic E-state index is 0.0878. The van der Waals surface area contributed by atoms with Crippen LogP contribution in [-0.4, -0.2) is 6.21 Å². The molecule has 2 rings (SSSR count). The van der Waals surface area contributed by atoms with Crippen molar-refractivity contribution in [3.8, 4) is 0 Å². The van der Waals surface area contributed by atoms with Crippen molar-refractivity contribution in [2.75, 3.05) is 0 Å². The van der Waals surface area contributed by atoms with E-state index in [0.29, 0.717) is 0 Å². The molecule has 0 aliphatic heterocycles. The predicted octanol–water partition coefficient (Wildman–Crippen LogP) is 5.67. The molecule has 110 valence electrons. The summed E-state index contributed by atoms with van der Waals surface area (Å²) in [6, 6.07) is 21.2. The molecule has 1 heteroatoms. The molecule has 21 heavy (non-hydrogen) atoms. The minimum Gasteiger partial charge on any atom is -0.284 e. The van der Waals surface area contributed by atoms with Gasteiger partial charge in [0.15, 0.2) is 0 Å². The normalized spacial score (nSPS) is 12.2. The van der Waals surface area contributed by atoms with Crippen molar-refractivity contribution in [1.82, 2.24) is 0 Å². The average molecular weight is 279 g/mol. The number of aliphatic imine (C=N–C) groups is 1. The van der Waals surface area contributed by atoms with Crippen molar-refractivity contribution in [2.24, 2.45) is 10.4 Å². The summed E-state index contributed by atoms with van der Waals surface area (Å²) in [4.78, 5) is 4.95. The Labute approximate surface area is 128 Å². The Kier molecular flexibility index (Phi) is 5.32. The first-order chi connectivity index (χ1) is 10.2. The molecule has 0 atom stereocenters. The fraction of sp³-hybridized carbons (Fsp3) is 0.350. The molecule has 0 aliphatic rings. The fourth-order valence-electron chi connectivity index (χ4n) is 2.32. The molecule has 0 saturated heterocycles. The van der Waals surface area contributed by atoms with E-state index in [1.165, 1.54) is 11.1 Å². The van der Waals surface area contributed by atoms with Crippen LogP contribution in [0.1, 0.15) is 50.8 Å². The number of rotatable bonds is 6. The predicted molar refractivity (Wildman–Crippen MR) is 91.9 cm³/mol. The van der Waals surface area contributed by atoms with Crippen LogP contribution in [0.4, 0.5) is 0 Å². The first kappa shape index (κ1) is 15.5. The molecule has 2 aromatic rings. The topological polar surface area (TPSA) is 12.4 Å². The lowest BCUT2D eigenvalue weighted by molar-refractivity contribution is 0.442. The standard InChI is InChI=1S/C20H25N/c1-4-20(3,5-2)16-21-19(17-12-8-6-9-13-17)18-14-10-7-11-15-18/h6-16,19H,4-5H2,1-3H3. The van der Waals surface area contributed by atoms with Crippen LogP contribution in [0.15, 0.2) is 65.7 Å². The van der Waals surface area contributed by atoms with Crippen LogP contribution < -0.4 is 0 Å². The van der Waals surface area contributed by atoms with Crippen molar-refractivity contribution in [2.45, 2.75) is 39.7 Å².